The number of hydrogen-bond acceptors (Lipinski definition) is 0. The van der Waals surface area contributed by atoms with Gasteiger partial charge in [-0.15, -0.1) is 0 Å². The molecule has 63 valence electrons. The maximum absolute atomic E-state index is 3.51. The molecular formula is C11H15Si. The molecule has 0 atom stereocenters. The molecule has 1 heteroatoms. The Labute approximate surface area is 78.4 Å². The van der Waals surface area contributed by atoms with E-state index in [1.165, 1.54) is 11.1 Å². The van der Waals surface area contributed by atoms with E-state index in [2.05, 4.69) is 55.3 Å². The van der Waals surface area contributed by atoms with Crippen molar-refractivity contribution in [1.82, 2.24) is 0 Å². The van der Waals surface area contributed by atoms with Crippen molar-refractivity contribution in [3.63, 3.8) is 0 Å². The summed E-state index contributed by atoms with van der Waals surface area (Å²) in [4.78, 5) is 0. The van der Waals surface area contributed by atoms with Gasteiger partial charge in [-0.1, -0.05) is 50.6 Å². The normalized spacial score (nSPS) is 11.7. The summed E-state index contributed by atoms with van der Waals surface area (Å²) in [6.07, 6.45) is 0. The van der Waals surface area contributed by atoms with Crippen LogP contribution in [0.2, 0.25) is 0 Å². The number of rotatable bonds is 1. The van der Waals surface area contributed by atoms with Gasteiger partial charge in [0.25, 0.3) is 0 Å². The first-order valence-electron chi connectivity index (χ1n) is 4.28. The average molecular weight is 175 g/mol. The molecule has 0 spiro atoms. The Morgan fingerprint density at radius 1 is 1.25 bits per heavy atom. The van der Waals surface area contributed by atoms with Gasteiger partial charge in [0.05, 0.1) is 0 Å². The fourth-order valence-corrected chi connectivity index (χ4v) is 1.37. The van der Waals surface area contributed by atoms with Gasteiger partial charge in [-0.05, 0) is 17.0 Å². The largest absolute Gasteiger partial charge is 0.0617 e. The highest BCUT2D eigenvalue weighted by Crippen LogP contribution is 2.22. The molecule has 0 amide bonds. The topological polar surface area (TPSA) is 0 Å². The summed E-state index contributed by atoms with van der Waals surface area (Å²) in [5.41, 5.74) is 3.01. The van der Waals surface area contributed by atoms with E-state index >= 15 is 0 Å². The van der Waals surface area contributed by atoms with Gasteiger partial charge < -0.3 is 0 Å². The molecule has 0 bridgehead atoms. The van der Waals surface area contributed by atoms with Crippen LogP contribution in [-0.4, -0.2) is 10.2 Å². The molecule has 0 saturated carbocycles. The average Bonchev–Trinajstić information content (AvgIpc) is 2.03. The van der Waals surface area contributed by atoms with Gasteiger partial charge in [0.1, 0.15) is 0 Å². The minimum atomic E-state index is 0.261. The first kappa shape index (κ1) is 9.52. The van der Waals surface area contributed by atoms with Crippen LogP contribution in [-0.2, 0) is 11.5 Å². The van der Waals surface area contributed by atoms with Crippen molar-refractivity contribution in [2.45, 2.75) is 32.2 Å². The van der Waals surface area contributed by atoms with Crippen LogP contribution < -0.4 is 0 Å². The zero-order valence-electron chi connectivity index (χ0n) is 8.02. The van der Waals surface area contributed by atoms with Crippen LogP contribution in [0.3, 0.4) is 0 Å². The minimum absolute atomic E-state index is 0.261. The van der Waals surface area contributed by atoms with E-state index < -0.39 is 0 Å². The molecule has 0 heterocycles. The molecule has 0 saturated heterocycles. The van der Waals surface area contributed by atoms with Gasteiger partial charge in [0.2, 0.25) is 0 Å². The zero-order valence-corrected chi connectivity index (χ0v) is 9.02. The monoisotopic (exact) mass is 175 g/mol. The summed E-state index contributed by atoms with van der Waals surface area (Å²) in [5, 5.41) is 0. The highest BCUT2D eigenvalue weighted by atomic mass is 28.1. The van der Waals surface area contributed by atoms with Gasteiger partial charge >= 0.3 is 0 Å². The molecule has 0 N–H and O–H groups in total. The van der Waals surface area contributed by atoms with Crippen LogP contribution in [0.4, 0.5) is 0 Å². The zero-order chi connectivity index (χ0) is 9.19. The van der Waals surface area contributed by atoms with E-state index in [0.29, 0.717) is 0 Å². The van der Waals surface area contributed by atoms with Crippen molar-refractivity contribution in [2.24, 2.45) is 0 Å². The Bertz CT molecular complexity index is 258. The van der Waals surface area contributed by atoms with Crippen molar-refractivity contribution < 1.29 is 0 Å². The van der Waals surface area contributed by atoms with Gasteiger partial charge in [-0.2, -0.15) is 0 Å². The van der Waals surface area contributed by atoms with Crippen molar-refractivity contribution in [3.8, 4) is 0 Å². The molecular weight excluding hydrogens is 160 g/mol. The Balaban J connectivity index is 3.02. The summed E-state index contributed by atoms with van der Waals surface area (Å²) >= 11 is 0. The maximum Gasteiger partial charge on any atom is 0.0283 e. The third-order valence-electron chi connectivity index (χ3n) is 2.00. The molecule has 0 aliphatic carbocycles. The van der Waals surface area contributed by atoms with Crippen LogP contribution >= 0.6 is 0 Å². The number of hydrogen-bond donors (Lipinski definition) is 0. The standard InChI is InChI=1S/C11H15Si/c1-11(2,3)10-6-4-5-9(7-10)8-12/h4-7H,8H2,1-3H3. The molecule has 3 radical (unpaired) electrons. The molecule has 0 aliphatic heterocycles. The third kappa shape index (κ3) is 2.21. The number of benzene rings is 1. The molecule has 1 aromatic rings. The molecule has 0 unspecified atom stereocenters. The van der Waals surface area contributed by atoms with E-state index in [0.717, 1.165) is 6.04 Å². The molecule has 1 rings (SSSR count). The minimum Gasteiger partial charge on any atom is -0.0617 e. The molecule has 0 aliphatic rings. The van der Waals surface area contributed by atoms with E-state index in [1.807, 2.05) is 0 Å². The summed E-state index contributed by atoms with van der Waals surface area (Å²) in [6.45, 7) is 6.71. The quantitative estimate of drug-likeness (QED) is 0.576. The Hall–Kier alpha value is -0.563. The second kappa shape index (κ2) is 3.44. The molecule has 12 heavy (non-hydrogen) atoms. The van der Waals surface area contributed by atoms with Crippen LogP contribution in [0, 0.1) is 0 Å². The van der Waals surface area contributed by atoms with Crippen molar-refractivity contribution >= 4 is 10.2 Å². The van der Waals surface area contributed by atoms with Gasteiger partial charge in [0.15, 0.2) is 0 Å². The lowest BCUT2D eigenvalue weighted by Gasteiger charge is -2.19. The van der Waals surface area contributed by atoms with Gasteiger partial charge in [-0.3, -0.25) is 0 Å². The molecule has 0 aromatic heterocycles. The predicted molar refractivity (Wildman–Crippen MR) is 54.6 cm³/mol. The SMILES string of the molecule is CC(C)(C)c1cccc(C[Si])c1. The van der Waals surface area contributed by atoms with E-state index in [9.17, 15) is 0 Å². The lowest BCUT2D eigenvalue weighted by Crippen LogP contribution is -2.11. The van der Waals surface area contributed by atoms with Gasteiger partial charge in [-0.25, -0.2) is 0 Å². The Kier molecular flexibility index (Phi) is 2.73. The Morgan fingerprint density at radius 2 is 1.92 bits per heavy atom. The van der Waals surface area contributed by atoms with Crippen molar-refractivity contribution in [3.05, 3.63) is 35.4 Å². The second-order valence-electron chi connectivity index (χ2n) is 4.13. The van der Waals surface area contributed by atoms with Crippen LogP contribution in [0.25, 0.3) is 0 Å². The Morgan fingerprint density at radius 3 is 2.42 bits per heavy atom. The smallest absolute Gasteiger partial charge is 0.0283 e. The lowest BCUT2D eigenvalue weighted by molar-refractivity contribution is 0.589. The first-order valence-corrected chi connectivity index (χ1v) is 4.99. The first-order chi connectivity index (χ1) is 5.54. The fourth-order valence-electron chi connectivity index (χ4n) is 1.15. The molecule has 1 aromatic carbocycles. The van der Waals surface area contributed by atoms with Crippen LogP contribution in [0.15, 0.2) is 24.3 Å². The summed E-state index contributed by atoms with van der Waals surface area (Å²) < 4.78 is 0. The maximum atomic E-state index is 3.51. The van der Waals surface area contributed by atoms with Gasteiger partial charge in [0, 0.05) is 10.2 Å². The molecule has 0 fully saturated rings. The summed E-state index contributed by atoms with van der Waals surface area (Å²) in [6, 6.07) is 9.64. The van der Waals surface area contributed by atoms with Crippen molar-refractivity contribution in [2.75, 3.05) is 0 Å². The highest BCUT2D eigenvalue weighted by Gasteiger charge is 2.12. The predicted octanol–water partition coefficient (Wildman–Crippen LogP) is 2.65. The fraction of sp³-hybridized carbons (Fsp3) is 0.455. The second-order valence-corrected chi connectivity index (χ2v) is 4.48. The lowest BCUT2D eigenvalue weighted by atomic mass is 9.86. The van der Waals surface area contributed by atoms with Crippen molar-refractivity contribution in [1.29, 1.82) is 0 Å². The summed E-state index contributed by atoms with van der Waals surface area (Å²) in [5.74, 6) is 0. The van der Waals surface area contributed by atoms with Crippen LogP contribution in [0.1, 0.15) is 31.9 Å². The molecule has 0 nitrogen and oxygen atoms in total. The van der Waals surface area contributed by atoms with E-state index in [4.69, 9.17) is 0 Å². The third-order valence-corrected chi connectivity index (χ3v) is 2.41. The van der Waals surface area contributed by atoms with E-state index in [1.54, 1.807) is 0 Å². The van der Waals surface area contributed by atoms with E-state index in [-0.39, 0.29) is 5.41 Å². The highest BCUT2D eigenvalue weighted by molar-refractivity contribution is 6.08. The van der Waals surface area contributed by atoms with Crippen LogP contribution in [0.5, 0.6) is 0 Å². The summed E-state index contributed by atoms with van der Waals surface area (Å²) in [7, 11) is 3.51.